The zero-order valence-corrected chi connectivity index (χ0v) is 11.1. The Labute approximate surface area is 111 Å². The second kappa shape index (κ2) is 6.36. The first-order chi connectivity index (χ1) is 8.77. The molecule has 0 fully saturated rings. The van der Waals surface area contributed by atoms with Crippen molar-refractivity contribution in [1.82, 2.24) is 4.98 Å². The van der Waals surface area contributed by atoms with E-state index in [0.29, 0.717) is 0 Å². The lowest BCUT2D eigenvalue weighted by Gasteiger charge is -2.01. The Morgan fingerprint density at radius 2 is 2.28 bits per heavy atom. The van der Waals surface area contributed by atoms with Gasteiger partial charge in [0.15, 0.2) is 5.12 Å². The highest BCUT2D eigenvalue weighted by Crippen LogP contribution is 2.19. The second-order valence-electron chi connectivity index (χ2n) is 3.98. The fourth-order valence-electron chi connectivity index (χ4n) is 1.77. The second-order valence-corrected chi connectivity index (χ2v) is 5.25. The monoisotopic (exact) mass is 257 g/mol. The van der Waals surface area contributed by atoms with Gasteiger partial charge in [0.05, 0.1) is 0 Å². The minimum absolute atomic E-state index is 0.180. The molecule has 0 aliphatic heterocycles. The van der Waals surface area contributed by atoms with Crippen molar-refractivity contribution in [2.75, 3.05) is 5.75 Å². The lowest BCUT2D eigenvalue weighted by Crippen LogP contribution is -1.84. The van der Waals surface area contributed by atoms with Crippen molar-refractivity contribution in [2.45, 2.75) is 13.3 Å². The summed E-state index contributed by atoms with van der Waals surface area (Å²) in [5, 5.41) is 2.54. The average molecular weight is 257 g/mol. The number of aromatic nitrogens is 1. The number of hydrogen-bond donors (Lipinski definition) is 0. The first kappa shape index (κ1) is 12.8. The number of pyridine rings is 1. The van der Waals surface area contributed by atoms with Crippen LogP contribution in [-0.2, 0) is 4.79 Å². The molecule has 0 aliphatic carbocycles. The summed E-state index contributed by atoms with van der Waals surface area (Å²) < 4.78 is 0. The Kier molecular flexibility index (Phi) is 4.53. The lowest BCUT2D eigenvalue weighted by molar-refractivity contribution is -0.109. The average Bonchev–Trinajstić information content (AvgIpc) is 2.38. The number of carbonyl (C=O) groups excluding carboxylic acids is 1. The molecule has 92 valence electrons. The van der Waals surface area contributed by atoms with E-state index in [-0.39, 0.29) is 5.12 Å². The van der Waals surface area contributed by atoms with Gasteiger partial charge in [0.2, 0.25) is 0 Å². The van der Waals surface area contributed by atoms with Crippen molar-refractivity contribution < 1.29 is 4.79 Å². The van der Waals surface area contributed by atoms with Crippen LogP contribution in [0.2, 0.25) is 0 Å². The number of benzene rings is 1. The zero-order valence-electron chi connectivity index (χ0n) is 10.3. The summed E-state index contributed by atoms with van der Waals surface area (Å²) >= 11 is 1.37. The number of hydrogen-bond acceptors (Lipinski definition) is 3. The Morgan fingerprint density at radius 1 is 1.39 bits per heavy atom. The van der Waals surface area contributed by atoms with Gasteiger partial charge >= 0.3 is 0 Å². The maximum Gasteiger partial charge on any atom is 0.185 e. The van der Waals surface area contributed by atoms with E-state index in [1.807, 2.05) is 24.5 Å². The van der Waals surface area contributed by atoms with Crippen LogP contribution in [0.5, 0.6) is 0 Å². The van der Waals surface area contributed by atoms with Crippen molar-refractivity contribution in [3.05, 3.63) is 48.3 Å². The molecule has 0 saturated heterocycles. The quantitative estimate of drug-likeness (QED) is 0.778. The molecule has 2 nitrogen and oxygen atoms in total. The summed E-state index contributed by atoms with van der Waals surface area (Å²) in [6.07, 6.45) is 8.82. The Balaban J connectivity index is 2.07. The van der Waals surface area contributed by atoms with Crippen LogP contribution < -0.4 is 0 Å². The van der Waals surface area contributed by atoms with E-state index in [0.717, 1.165) is 17.6 Å². The molecule has 0 atom stereocenters. The molecular weight excluding hydrogens is 242 g/mol. The number of rotatable bonds is 4. The standard InChI is InChI=1S/C15H15NOS/c1-12(17)18-10-3-2-5-13-6-4-7-14-11-16-9-8-15(13)14/h2,4-9,11H,3,10H2,1H3. The number of fused-ring (bicyclic) bond motifs is 1. The van der Waals surface area contributed by atoms with Gasteiger partial charge < -0.3 is 0 Å². The van der Waals surface area contributed by atoms with E-state index in [4.69, 9.17) is 0 Å². The van der Waals surface area contributed by atoms with Crippen LogP contribution in [0.4, 0.5) is 0 Å². The number of thioether (sulfide) groups is 1. The Bertz CT molecular complexity index is 572. The molecule has 0 saturated carbocycles. The third kappa shape index (κ3) is 3.44. The van der Waals surface area contributed by atoms with Gasteiger partial charge in [-0.25, -0.2) is 0 Å². The predicted octanol–water partition coefficient (Wildman–Crippen LogP) is 3.92. The van der Waals surface area contributed by atoms with Crippen molar-refractivity contribution in [2.24, 2.45) is 0 Å². The third-order valence-corrected chi connectivity index (χ3v) is 3.45. The highest BCUT2D eigenvalue weighted by Gasteiger charge is 1.96. The summed E-state index contributed by atoms with van der Waals surface area (Å²) in [6.45, 7) is 1.60. The molecule has 0 aliphatic rings. The molecule has 1 heterocycles. The Hall–Kier alpha value is -1.61. The van der Waals surface area contributed by atoms with Crippen LogP contribution in [0.15, 0.2) is 42.7 Å². The largest absolute Gasteiger partial charge is 0.288 e. The van der Waals surface area contributed by atoms with Crippen LogP contribution in [0, 0.1) is 0 Å². The number of carbonyl (C=O) groups is 1. The first-order valence-corrected chi connectivity index (χ1v) is 6.88. The molecule has 3 heteroatoms. The van der Waals surface area contributed by atoms with E-state index in [2.05, 4.69) is 29.3 Å². The van der Waals surface area contributed by atoms with Crippen LogP contribution in [-0.4, -0.2) is 15.9 Å². The molecular formula is C15H15NOS. The smallest absolute Gasteiger partial charge is 0.185 e. The maximum atomic E-state index is 10.8. The summed E-state index contributed by atoms with van der Waals surface area (Å²) in [4.78, 5) is 14.9. The molecule has 0 bridgehead atoms. The third-order valence-electron chi connectivity index (χ3n) is 2.60. The summed E-state index contributed by atoms with van der Waals surface area (Å²) in [6, 6.07) is 8.22. The van der Waals surface area contributed by atoms with Crippen LogP contribution >= 0.6 is 11.8 Å². The first-order valence-electron chi connectivity index (χ1n) is 5.90. The maximum absolute atomic E-state index is 10.8. The van der Waals surface area contributed by atoms with Crippen LogP contribution in [0.25, 0.3) is 16.8 Å². The topological polar surface area (TPSA) is 30.0 Å². The molecule has 1 aromatic carbocycles. The summed E-state index contributed by atoms with van der Waals surface area (Å²) in [7, 11) is 0. The Morgan fingerprint density at radius 3 is 3.11 bits per heavy atom. The lowest BCUT2D eigenvalue weighted by atomic mass is 10.1. The molecule has 1 aromatic heterocycles. The van der Waals surface area contributed by atoms with E-state index in [1.165, 1.54) is 22.7 Å². The van der Waals surface area contributed by atoms with E-state index >= 15 is 0 Å². The van der Waals surface area contributed by atoms with Crippen molar-refractivity contribution in [1.29, 1.82) is 0 Å². The fraction of sp³-hybridized carbons (Fsp3) is 0.200. The van der Waals surface area contributed by atoms with Gasteiger partial charge in [-0.15, -0.1) is 0 Å². The normalized spacial score (nSPS) is 11.2. The van der Waals surface area contributed by atoms with Gasteiger partial charge in [0.25, 0.3) is 0 Å². The fourth-order valence-corrected chi connectivity index (χ4v) is 2.32. The molecule has 2 rings (SSSR count). The van der Waals surface area contributed by atoms with Crippen LogP contribution in [0.1, 0.15) is 18.9 Å². The summed E-state index contributed by atoms with van der Waals surface area (Å²) in [5.74, 6) is 0.845. The zero-order chi connectivity index (χ0) is 12.8. The highest BCUT2D eigenvalue weighted by atomic mass is 32.2. The molecule has 0 unspecified atom stereocenters. The highest BCUT2D eigenvalue weighted by molar-refractivity contribution is 8.13. The van der Waals surface area contributed by atoms with Gasteiger partial charge in [-0.1, -0.05) is 42.1 Å². The van der Waals surface area contributed by atoms with E-state index in [9.17, 15) is 4.79 Å². The van der Waals surface area contributed by atoms with E-state index in [1.54, 1.807) is 6.92 Å². The van der Waals surface area contributed by atoms with E-state index < -0.39 is 0 Å². The van der Waals surface area contributed by atoms with Gasteiger partial charge in [-0.05, 0) is 23.4 Å². The minimum Gasteiger partial charge on any atom is -0.288 e. The minimum atomic E-state index is 0.180. The van der Waals surface area contributed by atoms with Gasteiger partial charge in [-0.2, -0.15) is 0 Å². The molecule has 2 aromatic rings. The molecule has 18 heavy (non-hydrogen) atoms. The molecule has 0 amide bonds. The predicted molar refractivity (Wildman–Crippen MR) is 78.5 cm³/mol. The molecule has 0 radical (unpaired) electrons. The van der Waals surface area contributed by atoms with Crippen molar-refractivity contribution in [3.8, 4) is 0 Å². The number of nitrogens with zero attached hydrogens (tertiary/aromatic N) is 1. The summed E-state index contributed by atoms with van der Waals surface area (Å²) in [5.41, 5.74) is 1.20. The molecule has 0 N–H and O–H groups in total. The SMILES string of the molecule is CC(=O)SCCC=Cc1cccc2cnccc12. The molecule has 0 spiro atoms. The van der Waals surface area contributed by atoms with Gasteiger partial charge in [0, 0.05) is 30.5 Å². The van der Waals surface area contributed by atoms with Crippen molar-refractivity contribution >= 4 is 33.7 Å². The van der Waals surface area contributed by atoms with Gasteiger partial charge in [0.1, 0.15) is 0 Å². The van der Waals surface area contributed by atoms with Crippen LogP contribution in [0.3, 0.4) is 0 Å². The van der Waals surface area contributed by atoms with Gasteiger partial charge in [-0.3, -0.25) is 9.78 Å². The number of allylic oxidation sites excluding steroid dienone is 1. The van der Waals surface area contributed by atoms with Crippen molar-refractivity contribution in [3.63, 3.8) is 0 Å².